The minimum absolute atomic E-state index is 0. The van der Waals surface area contributed by atoms with Crippen LogP contribution < -0.4 is 17.0 Å². The van der Waals surface area contributed by atoms with E-state index in [0.29, 0.717) is 6.61 Å². The van der Waals surface area contributed by atoms with Gasteiger partial charge in [-0.25, -0.2) is 0 Å². The van der Waals surface area contributed by atoms with Crippen molar-refractivity contribution in [1.82, 2.24) is 0 Å². The van der Waals surface area contributed by atoms with E-state index >= 15 is 0 Å². The number of carbonyl (C=O) groups excluding carboxylic acids is 1. The predicted molar refractivity (Wildman–Crippen MR) is 35.8 cm³/mol. The zero-order valence-electron chi connectivity index (χ0n) is 6.94. The van der Waals surface area contributed by atoms with Crippen LogP contribution in [0.2, 0.25) is 0 Å². The molecule has 0 aromatic heterocycles. The van der Waals surface area contributed by atoms with Gasteiger partial charge in [-0.05, 0) is 6.42 Å². The molecule has 0 heterocycles. The molecule has 4 heteroatoms. The zero-order valence-corrected chi connectivity index (χ0v) is 11.5. The minimum atomic E-state index is -0.195. The summed E-state index contributed by atoms with van der Waals surface area (Å²) in [6.45, 7) is 5.63. The van der Waals surface area contributed by atoms with Crippen molar-refractivity contribution in [3.05, 3.63) is 6.92 Å². The van der Waals surface area contributed by atoms with Crippen molar-refractivity contribution in [1.29, 1.82) is 0 Å². The maximum absolute atomic E-state index is 10.2. The molecule has 0 aromatic rings. The average Bonchev–Trinajstić information content (AvgIpc) is 1.80. The Morgan fingerprint density at radius 2 is 2.00 bits per heavy atom. The van der Waals surface area contributed by atoms with E-state index in [-0.39, 0.29) is 42.4 Å². The van der Waals surface area contributed by atoms with E-state index in [0.717, 1.165) is 19.3 Å². The van der Waals surface area contributed by atoms with Gasteiger partial charge in [0.15, 0.2) is 0 Å². The van der Waals surface area contributed by atoms with Crippen LogP contribution in [0.3, 0.4) is 0 Å². The van der Waals surface area contributed by atoms with Crippen LogP contribution in [-0.4, -0.2) is 12.6 Å². The van der Waals surface area contributed by atoms with Crippen LogP contribution in [0.4, 0.5) is 0 Å². The van der Waals surface area contributed by atoms with E-state index in [4.69, 9.17) is 0 Å². The molecule has 0 bridgehead atoms. The summed E-state index contributed by atoms with van der Waals surface area (Å²) in [7, 11) is 0. The molecule has 0 aliphatic heterocycles. The van der Waals surface area contributed by atoms with Crippen molar-refractivity contribution in [2.24, 2.45) is 0 Å². The predicted octanol–water partition coefficient (Wildman–Crippen LogP) is -1.44. The molecule has 0 saturated heterocycles. The van der Waals surface area contributed by atoms with Gasteiger partial charge in [-0.15, -0.1) is 0 Å². The van der Waals surface area contributed by atoms with Crippen molar-refractivity contribution in [3.8, 4) is 0 Å². The first-order chi connectivity index (χ1) is 4.27. The number of carbonyl (C=O) groups is 1. The summed E-state index contributed by atoms with van der Waals surface area (Å²) in [6, 6.07) is 0. The van der Waals surface area contributed by atoms with Crippen molar-refractivity contribution in [2.45, 2.75) is 26.2 Å². The van der Waals surface area contributed by atoms with Gasteiger partial charge in [-0.1, -0.05) is 19.8 Å². The first kappa shape index (κ1) is 17.6. The van der Waals surface area contributed by atoms with E-state index in [2.05, 4.69) is 11.7 Å². The Hall–Kier alpha value is 0.573. The Morgan fingerprint density at radius 1 is 1.45 bits per heavy atom. The van der Waals surface area contributed by atoms with Gasteiger partial charge >= 0.3 is 5.97 Å². The summed E-state index contributed by atoms with van der Waals surface area (Å²) >= 11 is 0. The van der Waals surface area contributed by atoms with Gasteiger partial charge in [0, 0.05) is 26.4 Å². The average molecular weight is 274 g/mol. The van der Waals surface area contributed by atoms with Crippen molar-refractivity contribution in [3.63, 3.8) is 0 Å². The van der Waals surface area contributed by atoms with Crippen LogP contribution in [0.25, 0.3) is 0 Å². The maximum atomic E-state index is 10.2. The van der Waals surface area contributed by atoms with Crippen LogP contribution in [0, 0.1) is 6.92 Å². The summed E-state index contributed by atoms with van der Waals surface area (Å²) < 4.78 is 4.68. The van der Waals surface area contributed by atoms with Crippen LogP contribution in [0.5, 0.6) is 0 Å². The fourth-order valence-corrected chi connectivity index (χ4v) is 0.495. The van der Waals surface area contributed by atoms with Crippen molar-refractivity contribution in [2.75, 3.05) is 6.61 Å². The molecule has 2 nitrogen and oxygen atoms in total. The number of hydrogen-bond donors (Lipinski definition) is 0. The number of ether oxygens (including phenoxy) is 1. The summed E-state index contributed by atoms with van der Waals surface area (Å²) in [4.78, 5) is 10.2. The molecule has 0 atom stereocenters. The Kier molecular flexibility index (Phi) is 21.1. The van der Waals surface area contributed by atoms with Crippen LogP contribution in [0.1, 0.15) is 26.2 Å². The summed E-state index contributed by atoms with van der Waals surface area (Å²) in [6.07, 6.45) is 2.89. The molecule has 0 aliphatic carbocycles. The molecule has 0 fully saturated rings. The molecule has 0 aromatic carbocycles. The molecule has 11 heavy (non-hydrogen) atoms. The van der Waals surface area contributed by atoms with Gasteiger partial charge in [0.25, 0.3) is 0 Å². The maximum Gasteiger partial charge on any atom is 0.302 e. The molecule has 0 unspecified atom stereocenters. The van der Waals surface area contributed by atoms with E-state index in [1.807, 2.05) is 0 Å². The molecule has 1 radical (unpaired) electrons. The summed E-state index contributed by atoms with van der Waals surface area (Å²) in [5.41, 5.74) is 0. The van der Waals surface area contributed by atoms with Gasteiger partial charge in [-0.2, -0.15) is 0 Å². The quantitative estimate of drug-likeness (QED) is 0.356. The summed E-state index contributed by atoms with van der Waals surface area (Å²) in [5, 5.41) is 0. The molecular weight excluding hydrogens is 261 g/mol. The first-order valence-electron chi connectivity index (χ1n) is 3.20. The molecule has 63 valence electrons. The fourth-order valence-electron chi connectivity index (χ4n) is 0.495. The van der Waals surface area contributed by atoms with Crippen LogP contribution in [-0.2, 0) is 29.0 Å². The SMILES string of the molecule is [Br-].[CH2]CCCCOC(C)=O.[Zn]. The monoisotopic (exact) mass is 272 g/mol. The Labute approximate surface area is 91.6 Å². The smallest absolute Gasteiger partial charge is 0.302 e. The number of esters is 1. The molecular formula is C7H13BrO2Zn-. The Balaban J connectivity index is -0.000000320. The third kappa shape index (κ3) is 18.0. The van der Waals surface area contributed by atoms with Gasteiger partial charge < -0.3 is 21.7 Å². The number of hydrogen-bond acceptors (Lipinski definition) is 2. The van der Waals surface area contributed by atoms with E-state index < -0.39 is 0 Å². The molecule has 0 N–H and O–H groups in total. The van der Waals surface area contributed by atoms with Crippen molar-refractivity contribution < 1.29 is 46.0 Å². The van der Waals surface area contributed by atoms with Gasteiger partial charge in [0.1, 0.15) is 0 Å². The first-order valence-corrected chi connectivity index (χ1v) is 3.20. The largest absolute Gasteiger partial charge is 1.00 e. The second-order valence-electron chi connectivity index (χ2n) is 1.90. The second-order valence-corrected chi connectivity index (χ2v) is 1.90. The summed E-state index contributed by atoms with van der Waals surface area (Å²) in [5.74, 6) is -0.195. The molecule has 0 saturated carbocycles. The van der Waals surface area contributed by atoms with E-state index in [1.54, 1.807) is 0 Å². The Morgan fingerprint density at radius 3 is 2.36 bits per heavy atom. The topological polar surface area (TPSA) is 26.3 Å². The van der Waals surface area contributed by atoms with Crippen molar-refractivity contribution >= 4 is 5.97 Å². The third-order valence-electron chi connectivity index (χ3n) is 0.950. The fraction of sp³-hybridized carbons (Fsp3) is 0.714. The van der Waals surface area contributed by atoms with Gasteiger partial charge in [-0.3, -0.25) is 4.79 Å². The number of halogens is 1. The molecule has 0 rings (SSSR count). The molecule has 0 spiro atoms. The normalized spacial score (nSPS) is 7.45. The Bertz CT molecular complexity index is 88.5. The van der Waals surface area contributed by atoms with E-state index in [1.165, 1.54) is 6.92 Å². The van der Waals surface area contributed by atoms with Gasteiger partial charge in [0.2, 0.25) is 0 Å². The van der Waals surface area contributed by atoms with Crippen LogP contribution >= 0.6 is 0 Å². The number of unbranched alkanes of at least 4 members (excludes halogenated alkanes) is 2. The zero-order chi connectivity index (χ0) is 7.11. The minimum Gasteiger partial charge on any atom is -1.00 e. The third-order valence-corrected chi connectivity index (χ3v) is 0.950. The standard InChI is InChI=1S/C7H13O2.BrH.Zn/c1-3-4-5-6-9-7(2)8;;/h1,3-6H2,2H3;1H;/p-1. The van der Waals surface area contributed by atoms with E-state index in [9.17, 15) is 4.79 Å². The van der Waals surface area contributed by atoms with Gasteiger partial charge in [0.05, 0.1) is 6.61 Å². The molecule has 0 amide bonds. The number of rotatable bonds is 4. The van der Waals surface area contributed by atoms with Crippen LogP contribution in [0.15, 0.2) is 0 Å². The second kappa shape index (κ2) is 13.2. The molecule has 0 aliphatic rings.